The average molecular weight is 463 g/mol. The molecule has 0 saturated heterocycles. The molecule has 2 nitrogen and oxygen atoms in total. The lowest BCUT2D eigenvalue weighted by Crippen LogP contribution is -2.17. The van der Waals surface area contributed by atoms with Gasteiger partial charge < -0.3 is 5.32 Å². The molecule has 0 aliphatic heterocycles. The number of hydrogen-bond donors (Lipinski definition) is 1. The molecule has 0 aliphatic carbocycles. The van der Waals surface area contributed by atoms with E-state index >= 15 is 0 Å². The Morgan fingerprint density at radius 3 is 1.94 bits per heavy atom. The number of nitrogens with one attached hydrogen (secondary N) is 1. The zero-order valence-corrected chi connectivity index (χ0v) is 16.3. The number of aromatic nitrogens is 1. The lowest BCUT2D eigenvalue weighted by atomic mass is 10.0. The van der Waals surface area contributed by atoms with E-state index in [0.717, 1.165) is 0 Å². The van der Waals surface area contributed by atoms with Crippen LogP contribution in [-0.4, -0.2) is 4.98 Å². The van der Waals surface area contributed by atoms with Gasteiger partial charge in [-0.25, -0.2) is 9.37 Å². The summed E-state index contributed by atoms with van der Waals surface area (Å²) >= 11 is 6.14. The van der Waals surface area contributed by atoms with Crippen LogP contribution in [0, 0.1) is 5.82 Å². The molecule has 0 fully saturated rings. The van der Waals surface area contributed by atoms with Gasteiger partial charge in [-0.05, 0) is 53.1 Å². The minimum absolute atomic E-state index is 0.0109. The lowest BCUT2D eigenvalue weighted by molar-refractivity contribution is -0.143. The van der Waals surface area contributed by atoms with Crippen LogP contribution in [0.2, 0.25) is 5.15 Å². The highest BCUT2D eigenvalue weighted by atomic mass is 35.5. The van der Waals surface area contributed by atoms with Crippen molar-refractivity contribution >= 4 is 11.6 Å². The van der Waals surface area contributed by atoms with Crippen LogP contribution >= 0.6 is 11.6 Å². The fourth-order valence-electron chi connectivity index (χ4n) is 2.99. The smallest absolute Gasteiger partial charge is 0.308 e. The third-order valence-electron chi connectivity index (χ3n) is 4.44. The predicted octanol–water partition coefficient (Wildman–Crippen LogP) is 6.87. The van der Waals surface area contributed by atoms with Crippen molar-refractivity contribution < 1.29 is 30.7 Å². The van der Waals surface area contributed by atoms with Gasteiger partial charge >= 0.3 is 12.4 Å². The Morgan fingerprint density at radius 2 is 1.39 bits per heavy atom. The number of pyridine rings is 1. The standard InChI is InChI=1S/C21H14ClF7N2/c22-19-18(17(5-6-31-19)13-1-3-16(23)4-2-13)11-30-10-12-7-14(20(24,25)26)9-15(8-12)21(27,28)29/h1-9,30H,10-11H2. The largest absolute Gasteiger partial charge is 0.416 e. The maximum absolute atomic E-state index is 13.2. The van der Waals surface area contributed by atoms with E-state index in [2.05, 4.69) is 10.3 Å². The average Bonchev–Trinajstić information content (AvgIpc) is 2.68. The number of halogens is 8. The van der Waals surface area contributed by atoms with Crippen LogP contribution in [0.15, 0.2) is 54.7 Å². The SMILES string of the molecule is Fc1ccc(-c2ccnc(Cl)c2CNCc2cc(C(F)(F)F)cc(C(F)(F)F)c2)cc1. The molecule has 0 amide bonds. The first-order valence-electron chi connectivity index (χ1n) is 8.83. The second-order valence-corrected chi connectivity index (χ2v) is 7.01. The predicted molar refractivity (Wildman–Crippen MR) is 102 cm³/mol. The molecular formula is C21H14ClF7N2. The topological polar surface area (TPSA) is 24.9 Å². The normalized spacial score (nSPS) is 12.3. The van der Waals surface area contributed by atoms with Crippen molar-refractivity contribution in [2.45, 2.75) is 25.4 Å². The number of alkyl halides is 6. The third-order valence-corrected chi connectivity index (χ3v) is 4.76. The molecule has 0 aliphatic rings. The van der Waals surface area contributed by atoms with E-state index in [-0.39, 0.29) is 29.9 Å². The molecule has 0 radical (unpaired) electrons. The van der Waals surface area contributed by atoms with Crippen LogP contribution in [0.3, 0.4) is 0 Å². The molecular weight excluding hydrogens is 449 g/mol. The molecule has 1 aromatic heterocycles. The van der Waals surface area contributed by atoms with Crippen molar-refractivity contribution in [3.05, 3.63) is 88.0 Å². The molecule has 0 bridgehead atoms. The summed E-state index contributed by atoms with van der Waals surface area (Å²) in [5.41, 5.74) is -1.26. The van der Waals surface area contributed by atoms with Crippen LogP contribution in [0.25, 0.3) is 11.1 Å². The molecule has 3 rings (SSSR count). The third kappa shape index (κ3) is 5.74. The molecule has 0 spiro atoms. The number of hydrogen-bond acceptors (Lipinski definition) is 2. The maximum atomic E-state index is 13.2. The number of benzene rings is 2. The highest BCUT2D eigenvalue weighted by Crippen LogP contribution is 2.36. The Kier molecular flexibility index (Phi) is 6.56. The van der Waals surface area contributed by atoms with E-state index in [1.54, 1.807) is 6.07 Å². The van der Waals surface area contributed by atoms with Crippen LogP contribution < -0.4 is 5.32 Å². The molecule has 0 atom stereocenters. The fraction of sp³-hybridized carbons (Fsp3) is 0.190. The Balaban J connectivity index is 1.84. The highest BCUT2D eigenvalue weighted by molar-refractivity contribution is 6.30. The van der Waals surface area contributed by atoms with Crippen molar-refractivity contribution in [2.75, 3.05) is 0 Å². The summed E-state index contributed by atoms with van der Waals surface area (Å²) in [6, 6.07) is 8.57. The number of nitrogens with zero attached hydrogens (tertiary/aromatic N) is 1. The lowest BCUT2D eigenvalue weighted by Gasteiger charge is -2.15. The fourth-order valence-corrected chi connectivity index (χ4v) is 3.21. The van der Waals surface area contributed by atoms with Crippen LogP contribution in [0.5, 0.6) is 0 Å². The van der Waals surface area contributed by atoms with Gasteiger partial charge in [-0.3, -0.25) is 0 Å². The molecule has 3 aromatic rings. The quantitative estimate of drug-likeness (QED) is 0.330. The molecule has 0 unspecified atom stereocenters. The van der Waals surface area contributed by atoms with Gasteiger partial charge in [0.15, 0.2) is 0 Å². The summed E-state index contributed by atoms with van der Waals surface area (Å²) < 4.78 is 91.2. The Bertz CT molecular complexity index is 1030. The van der Waals surface area contributed by atoms with Gasteiger partial charge in [-0.15, -0.1) is 0 Å². The molecule has 164 valence electrons. The summed E-state index contributed by atoms with van der Waals surface area (Å²) in [6.45, 7) is -0.266. The van der Waals surface area contributed by atoms with Gasteiger partial charge in [0.1, 0.15) is 11.0 Å². The molecule has 0 saturated carbocycles. The van der Waals surface area contributed by atoms with Gasteiger partial charge in [-0.1, -0.05) is 23.7 Å². The molecule has 31 heavy (non-hydrogen) atoms. The zero-order valence-electron chi connectivity index (χ0n) is 15.6. The van der Waals surface area contributed by atoms with Crippen molar-refractivity contribution in [1.82, 2.24) is 10.3 Å². The van der Waals surface area contributed by atoms with Crippen molar-refractivity contribution in [3.63, 3.8) is 0 Å². The molecule has 10 heteroatoms. The summed E-state index contributed by atoms with van der Waals surface area (Å²) in [6.07, 6.45) is -8.40. The van der Waals surface area contributed by atoms with Gasteiger partial charge in [0.05, 0.1) is 11.1 Å². The van der Waals surface area contributed by atoms with Gasteiger partial charge in [0.2, 0.25) is 0 Å². The minimum Gasteiger partial charge on any atom is -0.308 e. The summed E-state index contributed by atoms with van der Waals surface area (Å²) in [7, 11) is 0. The van der Waals surface area contributed by atoms with E-state index in [4.69, 9.17) is 11.6 Å². The van der Waals surface area contributed by atoms with Gasteiger partial charge in [0.25, 0.3) is 0 Å². The molecule has 2 aromatic carbocycles. The Labute approximate surface area is 177 Å². The Morgan fingerprint density at radius 1 is 0.806 bits per heavy atom. The monoisotopic (exact) mass is 462 g/mol. The van der Waals surface area contributed by atoms with Gasteiger partial charge in [0, 0.05) is 24.8 Å². The second kappa shape index (κ2) is 8.84. The first-order chi connectivity index (χ1) is 14.4. The zero-order chi connectivity index (χ0) is 22.8. The summed E-state index contributed by atoms with van der Waals surface area (Å²) in [5, 5.41) is 2.91. The summed E-state index contributed by atoms with van der Waals surface area (Å²) in [4.78, 5) is 3.96. The first kappa shape index (κ1) is 23.0. The second-order valence-electron chi connectivity index (χ2n) is 6.65. The van der Waals surface area contributed by atoms with Gasteiger partial charge in [-0.2, -0.15) is 26.3 Å². The highest BCUT2D eigenvalue weighted by Gasteiger charge is 2.36. The van der Waals surface area contributed by atoms with Crippen LogP contribution in [0.1, 0.15) is 22.3 Å². The summed E-state index contributed by atoms with van der Waals surface area (Å²) in [5.74, 6) is -0.436. The molecule has 1 heterocycles. The van der Waals surface area contributed by atoms with Crippen molar-refractivity contribution in [1.29, 1.82) is 0 Å². The van der Waals surface area contributed by atoms with E-state index in [9.17, 15) is 30.7 Å². The van der Waals surface area contributed by atoms with E-state index < -0.39 is 29.3 Å². The maximum Gasteiger partial charge on any atom is 0.416 e. The van der Waals surface area contributed by atoms with E-state index in [1.807, 2.05) is 0 Å². The van der Waals surface area contributed by atoms with Crippen molar-refractivity contribution in [2.24, 2.45) is 0 Å². The van der Waals surface area contributed by atoms with Crippen molar-refractivity contribution in [3.8, 4) is 11.1 Å². The van der Waals surface area contributed by atoms with E-state index in [1.165, 1.54) is 30.5 Å². The Hall–Kier alpha value is -2.65. The van der Waals surface area contributed by atoms with E-state index in [0.29, 0.717) is 28.8 Å². The minimum atomic E-state index is -4.92. The van der Waals surface area contributed by atoms with Crippen LogP contribution in [0.4, 0.5) is 30.7 Å². The number of rotatable bonds is 5. The molecule has 1 N–H and O–H groups in total. The van der Waals surface area contributed by atoms with Crippen LogP contribution in [-0.2, 0) is 25.4 Å². The first-order valence-corrected chi connectivity index (χ1v) is 9.21.